The topological polar surface area (TPSA) is 193 Å². The minimum Gasteiger partial charge on any atom is -0.479 e. The molecule has 0 aromatic carbocycles. The molecule has 0 aliphatic carbocycles. The highest BCUT2D eigenvalue weighted by Crippen LogP contribution is 2.03. The number of aliphatic carboxylic acids is 1. The zero-order valence-corrected chi connectivity index (χ0v) is 8.24. The number of rotatable bonds is 5. The van der Waals surface area contributed by atoms with Crippen molar-refractivity contribution in [2.24, 2.45) is 0 Å². The van der Waals surface area contributed by atoms with Crippen molar-refractivity contribution in [3.05, 3.63) is 0 Å². The van der Waals surface area contributed by atoms with Crippen molar-refractivity contribution in [3.63, 3.8) is 0 Å². The molecular weight excluding hydrogens is 244 g/mol. The van der Waals surface area contributed by atoms with Crippen LogP contribution in [0.2, 0.25) is 0 Å². The van der Waals surface area contributed by atoms with E-state index < -0.39 is 36.5 Å². The molecule has 100 valence electrons. The maximum atomic E-state index is 10.1. The van der Waals surface area contributed by atoms with Gasteiger partial charge in [0.1, 0.15) is 18.3 Å². The van der Waals surface area contributed by atoms with Crippen molar-refractivity contribution >= 4 is 18.4 Å². The van der Waals surface area contributed by atoms with Gasteiger partial charge in [0.2, 0.25) is 0 Å². The van der Waals surface area contributed by atoms with E-state index in [1.54, 1.807) is 0 Å². The van der Waals surface area contributed by atoms with Gasteiger partial charge in [-0.25, -0.2) is 9.59 Å². The Morgan fingerprint density at radius 2 is 1.24 bits per heavy atom. The first-order valence-electron chi connectivity index (χ1n) is 3.97. The van der Waals surface area contributed by atoms with Gasteiger partial charge in [0.05, 0.1) is 0 Å². The van der Waals surface area contributed by atoms with Gasteiger partial charge in [-0.05, 0) is 0 Å². The highest BCUT2D eigenvalue weighted by atomic mass is 16.6. The van der Waals surface area contributed by atoms with Crippen molar-refractivity contribution in [2.75, 3.05) is 0 Å². The van der Waals surface area contributed by atoms with Gasteiger partial charge in [-0.15, -0.1) is 0 Å². The fourth-order valence-electron chi connectivity index (χ4n) is 0.615. The van der Waals surface area contributed by atoms with Crippen LogP contribution in [0.25, 0.3) is 0 Å². The summed E-state index contributed by atoms with van der Waals surface area (Å²) in [6.45, 7) is 0. The number of aliphatic hydroxyl groups excluding tert-OH is 4. The molecule has 0 bridgehead atoms. The molecule has 10 heteroatoms. The molecule has 7 N–H and O–H groups in total. The summed E-state index contributed by atoms with van der Waals surface area (Å²) in [7, 11) is 0. The molecule has 0 fully saturated rings. The number of hydrogen-bond donors (Lipinski definition) is 7. The predicted octanol–water partition coefficient (Wildman–Crippen LogP) is -3.06. The number of carbonyl (C=O) groups excluding carboxylic acids is 1. The summed E-state index contributed by atoms with van der Waals surface area (Å²) in [6.07, 6.45) is -10.2. The summed E-state index contributed by atoms with van der Waals surface area (Å²) < 4.78 is 0. The Bertz CT molecular complexity index is 259. The van der Waals surface area contributed by atoms with Gasteiger partial charge in [0.25, 0.3) is 0 Å². The third-order valence-electron chi connectivity index (χ3n) is 1.42. The smallest absolute Gasteiger partial charge is 0.479 e. The normalized spacial score (nSPS) is 16.7. The van der Waals surface area contributed by atoms with Crippen LogP contribution in [-0.4, -0.2) is 78.6 Å². The second-order valence-corrected chi connectivity index (χ2v) is 2.67. The van der Waals surface area contributed by atoms with Gasteiger partial charge < -0.3 is 40.5 Å². The maximum Gasteiger partial charge on any atom is 0.503 e. The van der Waals surface area contributed by atoms with Crippen molar-refractivity contribution in [2.45, 2.75) is 24.4 Å². The average Bonchev–Trinajstić information content (AvgIpc) is 2.23. The summed E-state index contributed by atoms with van der Waals surface area (Å²) >= 11 is 0. The molecular formula is C7H12O10. The van der Waals surface area contributed by atoms with Gasteiger partial charge in [0, 0.05) is 0 Å². The Morgan fingerprint density at radius 3 is 1.47 bits per heavy atom. The van der Waals surface area contributed by atoms with Gasteiger partial charge in [0.15, 0.2) is 12.4 Å². The van der Waals surface area contributed by atoms with E-state index >= 15 is 0 Å². The van der Waals surface area contributed by atoms with Crippen molar-refractivity contribution in [1.29, 1.82) is 0 Å². The zero-order chi connectivity index (χ0) is 14.2. The van der Waals surface area contributed by atoms with E-state index in [-0.39, 0.29) is 6.29 Å². The molecule has 10 nitrogen and oxygen atoms in total. The minimum atomic E-state index is -2.25. The second-order valence-electron chi connectivity index (χ2n) is 2.67. The molecule has 0 aliphatic rings. The van der Waals surface area contributed by atoms with Crippen LogP contribution in [0.3, 0.4) is 0 Å². The third kappa shape index (κ3) is 8.10. The Morgan fingerprint density at radius 1 is 0.882 bits per heavy atom. The van der Waals surface area contributed by atoms with Crippen LogP contribution in [0.5, 0.6) is 0 Å². The number of aliphatic hydroxyl groups is 4. The lowest BCUT2D eigenvalue weighted by Crippen LogP contribution is -2.48. The van der Waals surface area contributed by atoms with Crippen molar-refractivity contribution < 1.29 is 50.1 Å². The lowest BCUT2D eigenvalue weighted by molar-refractivity contribution is -0.163. The molecule has 0 radical (unpaired) electrons. The van der Waals surface area contributed by atoms with Crippen LogP contribution in [0.15, 0.2) is 0 Å². The lowest BCUT2D eigenvalue weighted by atomic mass is 10.0. The first-order valence-corrected chi connectivity index (χ1v) is 3.97. The summed E-state index contributed by atoms with van der Waals surface area (Å²) in [6, 6.07) is 0. The van der Waals surface area contributed by atoms with E-state index in [1.165, 1.54) is 0 Å². The highest BCUT2D eigenvalue weighted by molar-refractivity contribution is 5.73. The molecule has 4 unspecified atom stereocenters. The molecule has 0 rings (SSSR count). The zero-order valence-electron chi connectivity index (χ0n) is 8.24. The fourth-order valence-corrected chi connectivity index (χ4v) is 0.615. The van der Waals surface area contributed by atoms with Gasteiger partial charge in [-0.1, -0.05) is 0 Å². The van der Waals surface area contributed by atoms with E-state index in [0.29, 0.717) is 0 Å². The average molecular weight is 256 g/mol. The predicted molar refractivity (Wildman–Crippen MR) is 48.4 cm³/mol. The molecule has 0 aromatic heterocycles. The summed E-state index contributed by atoms with van der Waals surface area (Å²) in [5.74, 6) is -1.76. The van der Waals surface area contributed by atoms with E-state index in [1.807, 2.05) is 0 Å². The van der Waals surface area contributed by atoms with E-state index in [9.17, 15) is 9.59 Å². The largest absolute Gasteiger partial charge is 0.503 e. The number of carbonyl (C=O) groups is 3. The number of aldehydes is 1. The van der Waals surface area contributed by atoms with Gasteiger partial charge in [-0.3, -0.25) is 0 Å². The Labute approximate surface area is 94.0 Å². The molecule has 17 heavy (non-hydrogen) atoms. The fraction of sp³-hybridized carbons (Fsp3) is 0.571. The van der Waals surface area contributed by atoms with E-state index in [2.05, 4.69) is 0 Å². The van der Waals surface area contributed by atoms with Crippen LogP contribution in [-0.2, 0) is 9.59 Å². The lowest BCUT2D eigenvalue weighted by Gasteiger charge is -2.21. The standard InChI is InChI=1S/C6H10O7.CH2O3/c7-1-2(8)3(9)4(10)5(11)6(12)13;2-1(3)4/h1-5,8-11H,(H,12,13);(H2,2,3,4). The minimum absolute atomic E-state index is 0.0809. The van der Waals surface area contributed by atoms with Crippen molar-refractivity contribution in [3.8, 4) is 0 Å². The van der Waals surface area contributed by atoms with Crippen LogP contribution in [0.4, 0.5) is 4.79 Å². The molecule has 0 heterocycles. The monoisotopic (exact) mass is 256 g/mol. The first kappa shape index (κ1) is 17.6. The van der Waals surface area contributed by atoms with Crippen LogP contribution in [0.1, 0.15) is 0 Å². The Balaban J connectivity index is 0. The molecule has 4 atom stereocenters. The first-order chi connectivity index (χ1) is 7.64. The molecule has 0 saturated heterocycles. The van der Waals surface area contributed by atoms with E-state index in [0.717, 1.165) is 0 Å². The summed E-state index contributed by atoms with van der Waals surface area (Å²) in [5.41, 5.74) is 0. The third-order valence-corrected chi connectivity index (χ3v) is 1.42. The molecule has 0 saturated carbocycles. The molecule has 0 aliphatic heterocycles. The Kier molecular flexibility index (Phi) is 8.72. The molecule has 0 amide bonds. The highest BCUT2D eigenvalue weighted by Gasteiger charge is 2.33. The van der Waals surface area contributed by atoms with E-state index in [4.69, 9.17) is 40.5 Å². The maximum absolute atomic E-state index is 10.1. The van der Waals surface area contributed by atoms with Crippen LogP contribution in [0, 0.1) is 0 Å². The SMILES string of the molecule is O=C(O)O.O=CC(O)C(O)C(O)C(O)C(=O)O. The molecule has 0 aromatic rings. The number of carboxylic acids is 1. The quantitative estimate of drug-likeness (QED) is 0.248. The molecule has 0 spiro atoms. The van der Waals surface area contributed by atoms with Crippen LogP contribution < -0.4 is 0 Å². The Hall–Kier alpha value is -1.75. The number of carboxylic acid groups (broad SMARTS) is 3. The van der Waals surface area contributed by atoms with Gasteiger partial charge in [-0.2, -0.15) is 0 Å². The van der Waals surface area contributed by atoms with Gasteiger partial charge >= 0.3 is 12.1 Å². The second kappa shape index (κ2) is 8.41. The number of hydrogen-bond acceptors (Lipinski definition) is 7. The summed E-state index contributed by atoms with van der Waals surface area (Å²) in [5, 5.41) is 57.1. The summed E-state index contributed by atoms with van der Waals surface area (Å²) in [4.78, 5) is 28.5. The van der Waals surface area contributed by atoms with Crippen molar-refractivity contribution in [1.82, 2.24) is 0 Å². The van der Waals surface area contributed by atoms with Crippen LogP contribution >= 0.6 is 0 Å².